The maximum Gasteiger partial charge on any atom is 0.416 e. The first-order valence-corrected chi connectivity index (χ1v) is 14.4. The molecule has 1 saturated carbocycles. The minimum atomic E-state index is -4.98. The van der Waals surface area contributed by atoms with Crippen LogP contribution in [-0.2, 0) is 38.6 Å². The summed E-state index contributed by atoms with van der Waals surface area (Å²) in [6.45, 7) is 3.86. The number of nitrogens with one attached hydrogen (secondary N) is 1. The molecule has 0 radical (unpaired) electrons. The molecule has 5 nitrogen and oxygen atoms in total. The Morgan fingerprint density at radius 3 is 2.37 bits per heavy atom. The standard InChI is InChI=1S/C32H34F6N2O3/c1-19-18-40(12-10-30(19)9-7-21-5-3-4-6-27(21)30)11-8-24(25-16-26(25)29(42)43-2)28(41)39-17-20-13-22(31(33,34)35)15-23(14-20)32(36,37)38/h3-7,9,13-15,19,24-26H,8,10-12,16-18H2,1-2H3,(H,39,41)/t19-,24?,25?,26?,30-/m0/s1. The molecule has 1 N–H and O–H groups in total. The number of rotatable bonds is 8. The van der Waals surface area contributed by atoms with Crippen molar-refractivity contribution in [2.45, 2.75) is 50.5 Å². The van der Waals surface area contributed by atoms with Crippen molar-refractivity contribution in [3.63, 3.8) is 0 Å². The van der Waals surface area contributed by atoms with Crippen LogP contribution in [0.15, 0.2) is 48.5 Å². The van der Waals surface area contributed by atoms with E-state index in [2.05, 4.69) is 41.4 Å². The van der Waals surface area contributed by atoms with Crippen LogP contribution in [0.25, 0.3) is 6.08 Å². The summed E-state index contributed by atoms with van der Waals surface area (Å²) in [5, 5.41) is 2.55. The molecular weight excluding hydrogens is 574 g/mol. The van der Waals surface area contributed by atoms with E-state index in [0.29, 0.717) is 37.4 Å². The minimum absolute atomic E-state index is 0.0451. The van der Waals surface area contributed by atoms with Crippen LogP contribution in [0.3, 0.4) is 0 Å². The summed E-state index contributed by atoms with van der Waals surface area (Å²) in [5.41, 5.74) is -0.682. The zero-order chi connectivity index (χ0) is 31.2. The number of nitrogens with zero attached hydrogens (tertiary/aromatic N) is 1. The number of hydrogen-bond acceptors (Lipinski definition) is 4. The van der Waals surface area contributed by atoms with Gasteiger partial charge in [0.2, 0.25) is 5.91 Å². The molecule has 5 atom stereocenters. The van der Waals surface area contributed by atoms with E-state index in [1.165, 1.54) is 18.2 Å². The van der Waals surface area contributed by atoms with Gasteiger partial charge in [-0.1, -0.05) is 43.3 Å². The first kappa shape index (κ1) is 31.1. The Morgan fingerprint density at radius 1 is 1.07 bits per heavy atom. The highest BCUT2D eigenvalue weighted by Gasteiger charge is 2.51. The van der Waals surface area contributed by atoms with Crippen molar-refractivity contribution < 1.29 is 40.7 Å². The van der Waals surface area contributed by atoms with Gasteiger partial charge in [-0.25, -0.2) is 0 Å². The van der Waals surface area contributed by atoms with Crippen LogP contribution in [0.5, 0.6) is 0 Å². The smallest absolute Gasteiger partial charge is 0.416 e. The van der Waals surface area contributed by atoms with Crippen LogP contribution in [-0.4, -0.2) is 43.5 Å². The van der Waals surface area contributed by atoms with Gasteiger partial charge in [0, 0.05) is 24.4 Å². The van der Waals surface area contributed by atoms with Gasteiger partial charge >= 0.3 is 18.3 Å². The van der Waals surface area contributed by atoms with Gasteiger partial charge in [-0.3, -0.25) is 9.59 Å². The molecule has 2 fully saturated rings. The second-order valence-corrected chi connectivity index (χ2v) is 12.0. The van der Waals surface area contributed by atoms with Crippen LogP contribution < -0.4 is 5.32 Å². The van der Waals surface area contributed by atoms with Gasteiger partial charge in [0.1, 0.15) is 0 Å². The maximum absolute atomic E-state index is 13.4. The fourth-order valence-corrected chi connectivity index (χ4v) is 6.86. The number of alkyl halides is 6. The lowest BCUT2D eigenvalue weighted by atomic mass is 9.68. The zero-order valence-electron chi connectivity index (χ0n) is 23.9. The number of carbonyl (C=O) groups excluding carboxylic acids is 2. The minimum Gasteiger partial charge on any atom is -0.469 e. The van der Waals surface area contributed by atoms with Crippen molar-refractivity contribution >= 4 is 18.0 Å². The Hall–Kier alpha value is -3.34. The summed E-state index contributed by atoms with van der Waals surface area (Å²) in [6.07, 6.45) is -3.76. The summed E-state index contributed by atoms with van der Waals surface area (Å²) >= 11 is 0. The summed E-state index contributed by atoms with van der Waals surface area (Å²) in [5.74, 6) is -2.05. The van der Waals surface area contributed by atoms with Gasteiger partial charge in [0.15, 0.2) is 0 Å². The SMILES string of the molecule is COC(=O)C1CC1C(CCN1CC[C@@]2(C=Cc3ccccc32)[C@@H](C)C1)C(=O)NCc1cc(C(F)(F)F)cc(C(F)(F)F)c1. The molecule has 232 valence electrons. The Morgan fingerprint density at radius 2 is 1.74 bits per heavy atom. The molecule has 3 unspecified atom stereocenters. The predicted octanol–water partition coefficient (Wildman–Crippen LogP) is 6.46. The molecule has 1 aliphatic heterocycles. The quantitative estimate of drug-likeness (QED) is 0.276. The van der Waals surface area contributed by atoms with Crippen LogP contribution in [0, 0.1) is 23.7 Å². The van der Waals surface area contributed by atoms with E-state index in [4.69, 9.17) is 4.74 Å². The van der Waals surface area contributed by atoms with E-state index in [1.807, 2.05) is 12.1 Å². The molecule has 5 rings (SSSR count). The molecule has 3 aliphatic rings. The molecule has 1 heterocycles. The van der Waals surface area contributed by atoms with Crippen molar-refractivity contribution in [1.82, 2.24) is 10.2 Å². The largest absolute Gasteiger partial charge is 0.469 e. The Bertz CT molecular complexity index is 1370. The van der Waals surface area contributed by atoms with Crippen LogP contribution in [0.4, 0.5) is 26.3 Å². The van der Waals surface area contributed by atoms with E-state index < -0.39 is 53.7 Å². The lowest BCUT2D eigenvalue weighted by Gasteiger charge is -2.44. The summed E-state index contributed by atoms with van der Waals surface area (Å²) in [7, 11) is 1.26. The number of carbonyl (C=O) groups is 2. The number of benzene rings is 2. The van der Waals surface area contributed by atoms with E-state index in [-0.39, 0.29) is 23.0 Å². The van der Waals surface area contributed by atoms with Gasteiger partial charge in [-0.15, -0.1) is 0 Å². The third-order valence-electron chi connectivity index (χ3n) is 9.34. The predicted molar refractivity (Wildman–Crippen MR) is 147 cm³/mol. The van der Waals surface area contributed by atoms with Gasteiger partial charge in [0.25, 0.3) is 0 Å². The maximum atomic E-state index is 13.4. The summed E-state index contributed by atoms with van der Waals surface area (Å²) < 4.78 is 84.6. The topological polar surface area (TPSA) is 58.6 Å². The molecule has 2 aliphatic carbocycles. The number of fused-ring (bicyclic) bond motifs is 2. The first-order chi connectivity index (χ1) is 20.2. The summed E-state index contributed by atoms with van der Waals surface area (Å²) in [4.78, 5) is 27.8. The molecule has 11 heteroatoms. The van der Waals surface area contributed by atoms with Crippen LogP contribution in [0.1, 0.15) is 54.0 Å². The number of likely N-dealkylation sites (tertiary alicyclic amines) is 1. The van der Waals surface area contributed by atoms with Gasteiger partial charge < -0.3 is 15.0 Å². The third-order valence-corrected chi connectivity index (χ3v) is 9.34. The molecular formula is C32H34F6N2O3. The van der Waals surface area contributed by atoms with Crippen molar-refractivity contribution in [1.29, 1.82) is 0 Å². The highest BCUT2D eigenvalue weighted by Crippen LogP contribution is 2.48. The molecule has 2 aromatic rings. The average Bonchev–Trinajstić information content (AvgIpc) is 3.66. The summed E-state index contributed by atoms with van der Waals surface area (Å²) in [6, 6.07) is 9.63. The second kappa shape index (κ2) is 11.6. The van der Waals surface area contributed by atoms with Crippen LogP contribution >= 0.6 is 0 Å². The molecule has 2 aromatic carbocycles. The third kappa shape index (κ3) is 6.46. The Kier molecular flexibility index (Phi) is 8.41. The number of piperidine rings is 1. The zero-order valence-corrected chi connectivity index (χ0v) is 23.9. The normalized spacial score (nSPS) is 25.8. The van der Waals surface area contributed by atoms with Gasteiger partial charge in [0.05, 0.1) is 24.2 Å². The van der Waals surface area contributed by atoms with E-state index in [0.717, 1.165) is 19.5 Å². The molecule has 43 heavy (non-hydrogen) atoms. The number of amides is 1. The number of methoxy groups -OCH3 is 1. The fraction of sp³-hybridized carbons (Fsp3) is 0.500. The number of ether oxygens (including phenoxy) is 1. The van der Waals surface area contributed by atoms with Crippen molar-refractivity contribution in [3.05, 3.63) is 76.4 Å². The number of esters is 1. The Labute approximate surface area is 246 Å². The van der Waals surface area contributed by atoms with E-state index >= 15 is 0 Å². The fourth-order valence-electron chi connectivity index (χ4n) is 6.86. The van der Waals surface area contributed by atoms with Crippen molar-refractivity contribution in [2.24, 2.45) is 23.7 Å². The highest BCUT2D eigenvalue weighted by atomic mass is 19.4. The average molecular weight is 609 g/mol. The lowest BCUT2D eigenvalue weighted by molar-refractivity contribution is -0.144. The number of hydrogen-bond donors (Lipinski definition) is 1. The van der Waals surface area contributed by atoms with E-state index in [1.54, 1.807) is 0 Å². The lowest BCUT2D eigenvalue weighted by Crippen LogP contribution is -2.48. The van der Waals surface area contributed by atoms with E-state index in [9.17, 15) is 35.9 Å². The first-order valence-electron chi connectivity index (χ1n) is 14.4. The van der Waals surface area contributed by atoms with Gasteiger partial charge in [-0.05, 0) is 79.1 Å². The molecule has 1 spiro atoms. The highest BCUT2D eigenvalue weighted by molar-refractivity contribution is 5.82. The number of allylic oxidation sites excluding steroid dienone is 1. The second-order valence-electron chi connectivity index (χ2n) is 12.0. The molecule has 1 saturated heterocycles. The van der Waals surface area contributed by atoms with Crippen LogP contribution in [0.2, 0.25) is 0 Å². The number of halogens is 6. The van der Waals surface area contributed by atoms with Crippen molar-refractivity contribution in [2.75, 3.05) is 26.7 Å². The van der Waals surface area contributed by atoms with Crippen molar-refractivity contribution in [3.8, 4) is 0 Å². The molecule has 0 bridgehead atoms. The molecule has 0 aromatic heterocycles. The van der Waals surface area contributed by atoms with Gasteiger partial charge in [-0.2, -0.15) is 26.3 Å². The monoisotopic (exact) mass is 608 g/mol. The Balaban J connectivity index is 1.26. The molecule has 1 amide bonds.